The molecule has 0 N–H and O–H groups in total. The number of esters is 1. The SMILES string of the molecule is CCCCOCCOc1ccc(-c2ccc3c(c2)/C=C(/C(=O)OC)CCCN3CCC)cc1. The largest absolute Gasteiger partial charge is 0.491 e. The number of ether oxygens (including phenoxy) is 3. The second-order valence-electron chi connectivity index (χ2n) is 8.36. The van der Waals surface area contributed by atoms with Crippen LogP contribution in [0.2, 0.25) is 0 Å². The van der Waals surface area contributed by atoms with Crippen LogP contribution in [0.4, 0.5) is 5.69 Å². The van der Waals surface area contributed by atoms with Crippen LogP contribution in [0.25, 0.3) is 17.2 Å². The van der Waals surface area contributed by atoms with Gasteiger partial charge in [0.15, 0.2) is 0 Å². The summed E-state index contributed by atoms with van der Waals surface area (Å²) in [4.78, 5) is 14.7. The van der Waals surface area contributed by atoms with Crippen LogP contribution in [0.5, 0.6) is 5.75 Å². The predicted octanol–water partition coefficient (Wildman–Crippen LogP) is 6.12. The number of unbranched alkanes of at least 4 members (excludes halogenated alkanes) is 1. The van der Waals surface area contributed by atoms with Gasteiger partial charge in [-0.25, -0.2) is 4.79 Å². The lowest BCUT2D eigenvalue weighted by Gasteiger charge is -2.28. The molecule has 0 bridgehead atoms. The number of carbonyl (C=O) groups is 1. The number of hydrogen-bond donors (Lipinski definition) is 0. The quantitative estimate of drug-likeness (QED) is 0.304. The normalized spacial score (nSPS) is 15.1. The molecule has 0 spiro atoms. The Labute approximate surface area is 198 Å². The van der Waals surface area contributed by atoms with E-state index < -0.39 is 0 Å². The molecule has 0 fully saturated rings. The maximum absolute atomic E-state index is 12.3. The number of nitrogens with zero attached hydrogens (tertiary/aromatic N) is 1. The molecule has 0 saturated carbocycles. The average molecular weight is 452 g/mol. The Balaban J connectivity index is 1.78. The van der Waals surface area contributed by atoms with Crippen molar-refractivity contribution < 1.29 is 19.0 Å². The standard InChI is InChI=1S/C28H37NO4/c1-4-6-17-32-18-19-33-26-12-9-22(10-13-26)23-11-14-27-25(20-23)21-24(28(30)31-3)8-7-16-29(27)15-5-2/h9-14,20-21H,4-8,15-19H2,1-3H3/b24-21+. The zero-order valence-corrected chi connectivity index (χ0v) is 20.3. The average Bonchev–Trinajstić information content (AvgIpc) is 2.83. The molecule has 5 heteroatoms. The fourth-order valence-corrected chi connectivity index (χ4v) is 4.08. The molecular formula is C28H37NO4. The molecule has 0 saturated heterocycles. The maximum atomic E-state index is 12.3. The van der Waals surface area contributed by atoms with Gasteiger partial charge < -0.3 is 19.1 Å². The molecule has 33 heavy (non-hydrogen) atoms. The van der Waals surface area contributed by atoms with Crippen LogP contribution < -0.4 is 9.64 Å². The first kappa shape index (κ1) is 24.8. The molecule has 2 aromatic carbocycles. The van der Waals surface area contributed by atoms with Gasteiger partial charge in [-0.1, -0.05) is 38.5 Å². The van der Waals surface area contributed by atoms with Crippen molar-refractivity contribution in [3.05, 3.63) is 53.6 Å². The van der Waals surface area contributed by atoms with Gasteiger partial charge in [0.1, 0.15) is 12.4 Å². The summed E-state index contributed by atoms with van der Waals surface area (Å²) in [6.07, 6.45) is 6.98. The molecule has 0 aliphatic carbocycles. The Hall–Kier alpha value is -2.79. The van der Waals surface area contributed by atoms with E-state index >= 15 is 0 Å². The summed E-state index contributed by atoms with van der Waals surface area (Å²) in [7, 11) is 1.45. The number of anilines is 1. The van der Waals surface area contributed by atoms with E-state index in [-0.39, 0.29) is 5.97 Å². The van der Waals surface area contributed by atoms with Gasteiger partial charge in [0, 0.05) is 31.0 Å². The number of hydrogen-bond acceptors (Lipinski definition) is 5. The van der Waals surface area contributed by atoms with E-state index in [2.05, 4.69) is 49.1 Å². The first-order valence-electron chi connectivity index (χ1n) is 12.1. The van der Waals surface area contributed by atoms with Crippen LogP contribution in [0.3, 0.4) is 0 Å². The van der Waals surface area contributed by atoms with Crippen molar-refractivity contribution in [3.63, 3.8) is 0 Å². The van der Waals surface area contributed by atoms with E-state index in [1.54, 1.807) is 0 Å². The molecule has 0 radical (unpaired) electrons. The molecule has 0 amide bonds. The van der Waals surface area contributed by atoms with E-state index in [0.29, 0.717) is 13.2 Å². The van der Waals surface area contributed by atoms with E-state index in [0.717, 1.165) is 79.8 Å². The highest BCUT2D eigenvalue weighted by Crippen LogP contribution is 2.33. The van der Waals surface area contributed by atoms with Crippen molar-refractivity contribution in [3.8, 4) is 16.9 Å². The van der Waals surface area contributed by atoms with Crippen molar-refractivity contribution in [2.24, 2.45) is 0 Å². The van der Waals surface area contributed by atoms with Gasteiger partial charge in [-0.2, -0.15) is 0 Å². The molecule has 0 aromatic heterocycles. The van der Waals surface area contributed by atoms with Gasteiger partial charge in [-0.3, -0.25) is 0 Å². The van der Waals surface area contributed by atoms with E-state index in [9.17, 15) is 4.79 Å². The molecule has 178 valence electrons. The number of carbonyl (C=O) groups excluding carboxylic acids is 1. The molecular weight excluding hydrogens is 414 g/mol. The Bertz CT molecular complexity index is 920. The van der Waals surface area contributed by atoms with Crippen LogP contribution >= 0.6 is 0 Å². The third kappa shape index (κ3) is 7.10. The van der Waals surface area contributed by atoms with Gasteiger partial charge in [0.2, 0.25) is 0 Å². The lowest BCUT2D eigenvalue weighted by molar-refractivity contribution is -0.136. The minimum Gasteiger partial charge on any atom is -0.491 e. The lowest BCUT2D eigenvalue weighted by Crippen LogP contribution is -2.27. The molecule has 2 aromatic rings. The minimum atomic E-state index is -0.240. The van der Waals surface area contributed by atoms with Gasteiger partial charge >= 0.3 is 5.97 Å². The second-order valence-corrected chi connectivity index (χ2v) is 8.36. The number of fused-ring (bicyclic) bond motifs is 1. The smallest absolute Gasteiger partial charge is 0.333 e. The molecule has 5 nitrogen and oxygen atoms in total. The Morgan fingerprint density at radius 3 is 2.48 bits per heavy atom. The van der Waals surface area contributed by atoms with Crippen molar-refractivity contribution in [2.45, 2.75) is 46.0 Å². The van der Waals surface area contributed by atoms with Crippen molar-refractivity contribution in [2.75, 3.05) is 44.9 Å². The van der Waals surface area contributed by atoms with E-state index in [1.165, 1.54) is 12.8 Å². The summed E-state index contributed by atoms with van der Waals surface area (Å²) in [5.41, 5.74) is 5.19. The first-order valence-corrected chi connectivity index (χ1v) is 12.1. The summed E-state index contributed by atoms with van der Waals surface area (Å²) in [6, 6.07) is 14.7. The summed E-state index contributed by atoms with van der Waals surface area (Å²) in [5, 5.41) is 0. The molecule has 0 atom stereocenters. The van der Waals surface area contributed by atoms with Crippen molar-refractivity contribution in [1.29, 1.82) is 0 Å². The van der Waals surface area contributed by atoms with Crippen molar-refractivity contribution in [1.82, 2.24) is 0 Å². The molecule has 0 unspecified atom stereocenters. The topological polar surface area (TPSA) is 48.0 Å². The fourth-order valence-electron chi connectivity index (χ4n) is 4.08. The molecule has 1 heterocycles. The fraction of sp³-hybridized carbons (Fsp3) is 0.464. The second kappa shape index (κ2) is 13.0. The van der Waals surface area contributed by atoms with Gasteiger partial charge in [-0.05, 0) is 72.7 Å². The lowest BCUT2D eigenvalue weighted by atomic mass is 9.97. The molecule has 1 aliphatic rings. The Kier molecular flexibility index (Phi) is 9.82. The summed E-state index contributed by atoms with van der Waals surface area (Å²) < 4.78 is 16.4. The summed E-state index contributed by atoms with van der Waals surface area (Å²) >= 11 is 0. The van der Waals surface area contributed by atoms with E-state index in [1.807, 2.05) is 18.2 Å². The van der Waals surface area contributed by atoms with Crippen molar-refractivity contribution >= 4 is 17.7 Å². The number of benzene rings is 2. The monoisotopic (exact) mass is 451 g/mol. The highest BCUT2D eigenvalue weighted by Gasteiger charge is 2.18. The van der Waals surface area contributed by atoms with Gasteiger partial charge in [0.25, 0.3) is 0 Å². The number of rotatable bonds is 11. The van der Waals surface area contributed by atoms with Crippen LogP contribution in [-0.2, 0) is 14.3 Å². The van der Waals surface area contributed by atoms with Crippen LogP contribution in [0.1, 0.15) is 51.5 Å². The number of methoxy groups -OCH3 is 1. The van der Waals surface area contributed by atoms with Gasteiger partial charge in [-0.15, -0.1) is 0 Å². The Morgan fingerprint density at radius 2 is 1.76 bits per heavy atom. The van der Waals surface area contributed by atoms with E-state index in [4.69, 9.17) is 14.2 Å². The molecule has 3 rings (SSSR count). The third-order valence-electron chi connectivity index (χ3n) is 5.84. The van der Waals surface area contributed by atoms with Gasteiger partial charge in [0.05, 0.1) is 13.7 Å². The summed E-state index contributed by atoms with van der Waals surface area (Å²) in [5.74, 6) is 0.599. The summed E-state index contributed by atoms with van der Waals surface area (Å²) in [6.45, 7) is 8.24. The van der Waals surface area contributed by atoms with Crippen LogP contribution in [0, 0.1) is 0 Å². The minimum absolute atomic E-state index is 0.240. The maximum Gasteiger partial charge on any atom is 0.333 e. The van der Waals surface area contributed by atoms with Crippen LogP contribution in [-0.4, -0.2) is 46.0 Å². The highest BCUT2D eigenvalue weighted by atomic mass is 16.5. The third-order valence-corrected chi connectivity index (χ3v) is 5.84. The Morgan fingerprint density at radius 1 is 0.970 bits per heavy atom. The predicted molar refractivity (Wildman–Crippen MR) is 135 cm³/mol. The first-order chi connectivity index (χ1) is 16.2. The zero-order valence-electron chi connectivity index (χ0n) is 20.3. The zero-order chi connectivity index (χ0) is 23.5. The molecule has 1 aliphatic heterocycles. The van der Waals surface area contributed by atoms with Crippen LogP contribution in [0.15, 0.2) is 48.0 Å². The highest BCUT2D eigenvalue weighted by molar-refractivity contribution is 5.95.